The summed E-state index contributed by atoms with van der Waals surface area (Å²) in [7, 11) is 0. The Morgan fingerprint density at radius 2 is 1.48 bits per heavy atom. The van der Waals surface area contributed by atoms with Gasteiger partial charge in [-0.05, 0) is 52.3 Å². The molecule has 2 aromatic rings. The van der Waals surface area contributed by atoms with Crippen LogP contribution in [0.15, 0.2) is 45.5 Å². The van der Waals surface area contributed by atoms with E-state index in [2.05, 4.69) is 15.9 Å². The van der Waals surface area contributed by atoms with Crippen LogP contribution in [0.1, 0.15) is 20.9 Å². The smallest absolute Gasteiger partial charge is 0.289 e. The van der Waals surface area contributed by atoms with Gasteiger partial charge in [-0.15, -0.1) is 0 Å². The summed E-state index contributed by atoms with van der Waals surface area (Å²) in [5.41, 5.74) is 0.601. The highest BCUT2D eigenvalue weighted by Gasteiger charge is 2.26. The zero-order valence-electron chi connectivity index (χ0n) is 12.2. The summed E-state index contributed by atoms with van der Waals surface area (Å²) in [5.74, 6) is 0.0955. The molecule has 23 heavy (non-hydrogen) atoms. The van der Waals surface area contributed by atoms with Gasteiger partial charge in [-0.25, -0.2) is 0 Å². The van der Waals surface area contributed by atoms with E-state index in [0.29, 0.717) is 47.2 Å². The van der Waals surface area contributed by atoms with Crippen LogP contribution < -0.4 is 0 Å². The Labute approximate surface area is 146 Å². The van der Waals surface area contributed by atoms with Crippen molar-refractivity contribution >= 4 is 39.3 Å². The lowest BCUT2D eigenvalue weighted by Gasteiger charge is -2.34. The maximum atomic E-state index is 12.4. The molecule has 5 nitrogen and oxygen atoms in total. The highest BCUT2D eigenvalue weighted by molar-refractivity contribution is 9.10. The first kappa shape index (κ1) is 16.1. The fourth-order valence-corrected chi connectivity index (χ4v) is 2.91. The number of halogens is 2. The number of piperazine rings is 1. The van der Waals surface area contributed by atoms with Gasteiger partial charge in [-0.3, -0.25) is 9.59 Å². The fourth-order valence-electron chi connectivity index (χ4n) is 2.47. The molecule has 3 rings (SSSR count). The van der Waals surface area contributed by atoms with E-state index < -0.39 is 0 Å². The number of hydrogen-bond donors (Lipinski definition) is 0. The van der Waals surface area contributed by atoms with Gasteiger partial charge in [0.2, 0.25) is 0 Å². The number of carbonyl (C=O) groups is 2. The molecule has 0 bridgehead atoms. The summed E-state index contributed by atoms with van der Waals surface area (Å²) in [5, 5.41) is 0.599. The van der Waals surface area contributed by atoms with Crippen molar-refractivity contribution in [2.45, 2.75) is 0 Å². The molecule has 0 radical (unpaired) electrons. The zero-order chi connectivity index (χ0) is 16.4. The monoisotopic (exact) mass is 396 g/mol. The van der Waals surface area contributed by atoms with Crippen molar-refractivity contribution in [2.24, 2.45) is 0 Å². The highest BCUT2D eigenvalue weighted by Crippen LogP contribution is 2.18. The zero-order valence-corrected chi connectivity index (χ0v) is 14.5. The first-order valence-electron chi connectivity index (χ1n) is 7.14. The van der Waals surface area contributed by atoms with E-state index in [0.717, 1.165) is 0 Å². The molecule has 0 unspecified atom stereocenters. The first-order valence-corrected chi connectivity index (χ1v) is 8.31. The van der Waals surface area contributed by atoms with Crippen LogP contribution in [0.25, 0.3) is 0 Å². The van der Waals surface area contributed by atoms with Gasteiger partial charge in [0.15, 0.2) is 10.4 Å². The minimum Gasteiger partial charge on any atom is -0.444 e. The Balaban J connectivity index is 1.61. The maximum absolute atomic E-state index is 12.4. The number of hydrogen-bond acceptors (Lipinski definition) is 3. The summed E-state index contributed by atoms with van der Waals surface area (Å²) in [4.78, 5) is 28.1. The highest BCUT2D eigenvalue weighted by atomic mass is 79.9. The maximum Gasteiger partial charge on any atom is 0.289 e. The third-order valence-corrected chi connectivity index (χ3v) is 4.41. The molecule has 2 amide bonds. The molecular weight excluding hydrogens is 384 g/mol. The molecule has 1 aromatic carbocycles. The summed E-state index contributed by atoms with van der Waals surface area (Å²) in [6.07, 6.45) is 0. The van der Waals surface area contributed by atoms with Crippen LogP contribution in [0.2, 0.25) is 5.02 Å². The van der Waals surface area contributed by atoms with E-state index >= 15 is 0 Å². The fraction of sp³-hybridized carbons (Fsp3) is 0.250. The summed E-state index contributed by atoms with van der Waals surface area (Å²) < 4.78 is 5.81. The predicted octanol–water partition coefficient (Wildman–Crippen LogP) is 3.29. The lowest BCUT2D eigenvalue weighted by atomic mass is 10.2. The van der Waals surface area contributed by atoms with Gasteiger partial charge in [-0.2, -0.15) is 0 Å². The second kappa shape index (κ2) is 6.76. The van der Waals surface area contributed by atoms with Crippen LogP contribution in [0, 0.1) is 0 Å². The molecule has 1 aliphatic rings. The molecule has 1 aliphatic heterocycles. The van der Waals surface area contributed by atoms with Gasteiger partial charge >= 0.3 is 0 Å². The van der Waals surface area contributed by atoms with Crippen LogP contribution in [-0.2, 0) is 0 Å². The average molecular weight is 398 g/mol. The molecule has 0 spiro atoms. The molecule has 7 heteroatoms. The quantitative estimate of drug-likeness (QED) is 0.781. The molecule has 2 heterocycles. The van der Waals surface area contributed by atoms with E-state index in [1.54, 1.807) is 46.2 Å². The van der Waals surface area contributed by atoms with Crippen molar-refractivity contribution in [3.63, 3.8) is 0 Å². The minimum absolute atomic E-state index is 0.0468. The second-order valence-electron chi connectivity index (χ2n) is 5.20. The van der Waals surface area contributed by atoms with Gasteiger partial charge in [0, 0.05) is 36.8 Å². The van der Waals surface area contributed by atoms with Crippen molar-refractivity contribution in [3.05, 3.63) is 57.4 Å². The summed E-state index contributed by atoms with van der Waals surface area (Å²) in [6.45, 7) is 1.96. The van der Waals surface area contributed by atoms with Crippen molar-refractivity contribution in [1.82, 2.24) is 9.80 Å². The van der Waals surface area contributed by atoms with Crippen molar-refractivity contribution in [1.29, 1.82) is 0 Å². The molecule has 1 fully saturated rings. The lowest BCUT2D eigenvalue weighted by molar-refractivity contribution is 0.0517. The number of rotatable bonds is 2. The van der Waals surface area contributed by atoms with Gasteiger partial charge in [-0.1, -0.05) is 11.6 Å². The average Bonchev–Trinajstić information content (AvgIpc) is 3.01. The SMILES string of the molecule is O=C(c1ccc(Cl)cc1)N1CCN(C(=O)c2ccc(Br)o2)CC1. The van der Waals surface area contributed by atoms with Crippen molar-refractivity contribution in [3.8, 4) is 0 Å². The Hall–Kier alpha value is -1.79. The number of carbonyl (C=O) groups excluding carboxylic acids is 2. The van der Waals surface area contributed by atoms with Gasteiger partial charge in [0.1, 0.15) is 0 Å². The molecule has 1 saturated heterocycles. The predicted molar refractivity (Wildman–Crippen MR) is 89.7 cm³/mol. The molecule has 120 valence electrons. The van der Waals surface area contributed by atoms with Crippen LogP contribution >= 0.6 is 27.5 Å². The molecule has 0 atom stereocenters. The van der Waals surface area contributed by atoms with Crippen molar-refractivity contribution in [2.75, 3.05) is 26.2 Å². The topological polar surface area (TPSA) is 53.8 Å². The van der Waals surface area contributed by atoms with E-state index in [4.69, 9.17) is 16.0 Å². The Bertz CT molecular complexity index is 721. The normalized spacial score (nSPS) is 14.9. The van der Waals surface area contributed by atoms with Crippen molar-refractivity contribution < 1.29 is 14.0 Å². The Kier molecular flexibility index (Phi) is 4.73. The molecule has 1 aromatic heterocycles. The second-order valence-corrected chi connectivity index (χ2v) is 6.41. The van der Waals surface area contributed by atoms with Gasteiger partial charge in [0.05, 0.1) is 0 Å². The van der Waals surface area contributed by atoms with Crippen LogP contribution in [0.4, 0.5) is 0 Å². The third kappa shape index (κ3) is 3.59. The molecule has 0 aliphatic carbocycles. The standard InChI is InChI=1S/C16H14BrClN2O3/c17-14-6-5-13(23-14)16(22)20-9-7-19(8-10-20)15(21)11-1-3-12(18)4-2-11/h1-6H,7-10H2. The largest absolute Gasteiger partial charge is 0.444 e. The van der Waals surface area contributed by atoms with E-state index in [1.165, 1.54) is 0 Å². The number of furan rings is 1. The minimum atomic E-state index is -0.158. The van der Waals surface area contributed by atoms with Crippen LogP contribution in [0.3, 0.4) is 0 Å². The number of amides is 2. The molecular formula is C16H14BrClN2O3. The number of benzene rings is 1. The van der Waals surface area contributed by atoms with E-state index in [-0.39, 0.29) is 11.8 Å². The lowest BCUT2D eigenvalue weighted by Crippen LogP contribution is -2.50. The van der Waals surface area contributed by atoms with Gasteiger partial charge in [0.25, 0.3) is 11.8 Å². The molecule has 0 N–H and O–H groups in total. The first-order chi connectivity index (χ1) is 11.0. The Morgan fingerprint density at radius 3 is 2.00 bits per heavy atom. The summed E-state index contributed by atoms with van der Waals surface area (Å²) in [6, 6.07) is 10.1. The third-order valence-electron chi connectivity index (χ3n) is 3.73. The molecule has 0 saturated carbocycles. The van der Waals surface area contributed by atoms with E-state index in [9.17, 15) is 9.59 Å². The Morgan fingerprint density at radius 1 is 0.913 bits per heavy atom. The summed E-state index contributed by atoms with van der Waals surface area (Å²) >= 11 is 9.02. The van der Waals surface area contributed by atoms with Crippen LogP contribution in [-0.4, -0.2) is 47.8 Å². The van der Waals surface area contributed by atoms with Crippen LogP contribution in [0.5, 0.6) is 0 Å². The van der Waals surface area contributed by atoms with E-state index in [1.807, 2.05) is 0 Å². The number of nitrogens with zero attached hydrogens (tertiary/aromatic N) is 2. The van der Waals surface area contributed by atoms with Gasteiger partial charge < -0.3 is 14.2 Å².